The van der Waals surface area contributed by atoms with E-state index in [1.165, 1.54) is 0 Å². The standard InChI is InChI=1S/C28H22O5/c1-32-20-12-13-22-21-8-4-5-9-23(21)26(24(22)16-20)28(31)33-25(27(29)30)15-17-10-11-18-6-2-3-7-19(18)14-17/h2-14,16,25-26H,15H2,1H3,(H,29,30)/t25-,26?/m1/s1. The number of fused-ring (bicyclic) bond motifs is 4. The van der Waals surface area contributed by atoms with E-state index < -0.39 is 24.0 Å². The van der Waals surface area contributed by atoms with E-state index in [0.717, 1.165) is 38.6 Å². The van der Waals surface area contributed by atoms with Gasteiger partial charge in [-0.2, -0.15) is 0 Å². The first-order valence-corrected chi connectivity index (χ1v) is 10.7. The lowest BCUT2D eigenvalue weighted by Crippen LogP contribution is -2.31. The van der Waals surface area contributed by atoms with Gasteiger partial charge in [-0.3, -0.25) is 4.79 Å². The highest BCUT2D eigenvalue weighted by Crippen LogP contribution is 2.46. The van der Waals surface area contributed by atoms with Gasteiger partial charge in [-0.25, -0.2) is 4.79 Å². The molecule has 1 N–H and O–H groups in total. The van der Waals surface area contributed by atoms with Crippen molar-refractivity contribution in [2.75, 3.05) is 7.11 Å². The Labute approximate surface area is 191 Å². The smallest absolute Gasteiger partial charge is 0.345 e. The summed E-state index contributed by atoms with van der Waals surface area (Å²) in [6.07, 6.45) is -1.20. The Morgan fingerprint density at radius 1 is 0.848 bits per heavy atom. The molecule has 164 valence electrons. The first-order valence-electron chi connectivity index (χ1n) is 10.7. The van der Waals surface area contributed by atoms with Crippen LogP contribution in [0, 0.1) is 0 Å². The van der Waals surface area contributed by atoms with Crippen LogP contribution in [0.15, 0.2) is 84.9 Å². The lowest BCUT2D eigenvalue weighted by Gasteiger charge is -2.19. The molecule has 0 bridgehead atoms. The van der Waals surface area contributed by atoms with Crippen molar-refractivity contribution in [3.8, 4) is 16.9 Å². The van der Waals surface area contributed by atoms with Crippen LogP contribution in [-0.2, 0) is 20.7 Å². The van der Waals surface area contributed by atoms with E-state index in [1.807, 2.05) is 84.9 Å². The lowest BCUT2D eigenvalue weighted by atomic mass is 9.96. The highest BCUT2D eigenvalue weighted by atomic mass is 16.6. The number of benzene rings is 4. The molecule has 0 heterocycles. The average molecular weight is 438 g/mol. The first kappa shape index (κ1) is 20.8. The molecule has 0 amide bonds. The van der Waals surface area contributed by atoms with Gasteiger partial charge in [0.1, 0.15) is 11.7 Å². The zero-order valence-electron chi connectivity index (χ0n) is 18.0. The van der Waals surface area contributed by atoms with Crippen molar-refractivity contribution in [2.45, 2.75) is 18.4 Å². The molecular weight excluding hydrogens is 416 g/mol. The largest absolute Gasteiger partial charge is 0.497 e. The Bertz CT molecular complexity index is 1370. The summed E-state index contributed by atoms with van der Waals surface area (Å²) < 4.78 is 11.0. The Morgan fingerprint density at radius 2 is 1.58 bits per heavy atom. The molecule has 33 heavy (non-hydrogen) atoms. The number of aliphatic carboxylic acids is 1. The van der Waals surface area contributed by atoms with Gasteiger partial charge in [0.25, 0.3) is 0 Å². The molecule has 1 aliphatic carbocycles. The zero-order chi connectivity index (χ0) is 22.9. The molecule has 0 saturated heterocycles. The number of methoxy groups -OCH3 is 1. The van der Waals surface area contributed by atoms with Crippen molar-refractivity contribution in [2.24, 2.45) is 0 Å². The molecule has 4 aromatic rings. The van der Waals surface area contributed by atoms with Crippen molar-refractivity contribution >= 4 is 22.7 Å². The summed E-state index contributed by atoms with van der Waals surface area (Å²) in [5.41, 5.74) is 4.23. The summed E-state index contributed by atoms with van der Waals surface area (Å²) in [6, 6.07) is 26.8. The number of carboxylic acid groups (broad SMARTS) is 1. The lowest BCUT2D eigenvalue weighted by molar-refractivity contribution is -0.164. The second-order valence-corrected chi connectivity index (χ2v) is 8.12. The highest BCUT2D eigenvalue weighted by Gasteiger charge is 2.37. The fourth-order valence-corrected chi connectivity index (χ4v) is 4.53. The van der Waals surface area contributed by atoms with Gasteiger partial charge >= 0.3 is 11.9 Å². The van der Waals surface area contributed by atoms with Crippen LogP contribution in [-0.4, -0.2) is 30.3 Å². The maximum atomic E-state index is 13.4. The molecule has 1 aliphatic rings. The summed E-state index contributed by atoms with van der Waals surface area (Å²) in [7, 11) is 1.57. The Balaban J connectivity index is 1.45. The zero-order valence-corrected chi connectivity index (χ0v) is 18.0. The monoisotopic (exact) mass is 438 g/mol. The van der Waals surface area contributed by atoms with Crippen LogP contribution >= 0.6 is 0 Å². The molecule has 5 rings (SSSR count). The number of carbonyl (C=O) groups is 2. The molecule has 5 heteroatoms. The van der Waals surface area contributed by atoms with Crippen LogP contribution in [0.2, 0.25) is 0 Å². The first-order chi connectivity index (χ1) is 16.0. The van der Waals surface area contributed by atoms with E-state index in [0.29, 0.717) is 5.75 Å². The maximum Gasteiger partial charge on any atom is 0.345 e. The topological polar surface area (TPSA) is 72.8 Å². The molecular formula is C28H22O5. The normalized spacial score (nSPS) is 14.9. The molecule has 1 unspecified atom stereocenters. The Morgan fingerprint density at radius 3 is 2.36 bits per heavy atom. The van der Waals surface area contributed by atoms with Crippen LogP contribution in [0.5, 0.6) is 5.75 Å². The van der Waals surface area contributed by atoms with E-state index >= 15 is 0 Å². The number of ether oxygens (including phenoxy) is 2. The van der Waals surface area contributed by atoms with E-state index in [4.69, 9.17) is 9.47 Å². The number of hydrogen-bond acceptors (Lipinski definition) is 4. The number of rotatable bonds is 6. The number of hydrogen-bond donors (Lipinski definition) is 1. The summed E-state index contributed by atoms with van der Waals surface area (Å²) in [6.45, 7) is 0. The minimum Gasteiger partial charge on any atom is -0.497 e. The van der Waals surface area contributed by atoms with Crippen molar-refractivity contribution in [3.05, 3.63) is 102 Å². The van der Waals surface area contributed by atoms with Gasteiger partial charge in [0.2, 0.25) is 6.10 Å². The van der Waals surface area contributed by atoms with E-state index in [2.05, 4.69) is 0 Å². The van der Waals surface area contributed by atoms with E-state index in [9.17, 15) is 14.7 Å². The second kappa shape index (κ2) is 8.43. The summed E-state index contributed by atoms with van der Waals surface area (Å²) in [5.74, 6) is -1.83. The number of esters is 1. The highest BCUT2D eigenvalue weighted by molar-refractivity contribution is 5.95. The van der Waals surface area contributed by atoms with Gasteiger partial charge in [-0.15, -0.1) is 0 Å². The molecule has 0 spiro atoms. The van der Waals surface area contributed by atoms with Crippen LogP contribution in [0.3, 0.4) is 0 Å². The van der Waals surface area contributed by atoms with Crippen LogP contribution in [0.25, 0.3) is 21.9 Å². The minimum atomic E-state index is -1.29. The maximum absolute atomic E-state index is 13.4. The van der Waals surface area contributed by atoms with E-state index in [-0.39, 0.29) is 6.42 Å². The molecule has 4 aromatic carbocycles. The Kier molecular flexibility index (Phi) is 5.31. The van der Waals surface area contributed by atoms with Crippen molar-refractivity contribution in [1.29, 1.82) is 0 Å². The van der Waals surface area contributed by atoms with Crippen LogP contribution < -0.4 is 4.74 Å². The third kappa shape index (κ3) is 3.82. The summed E-state index contributed by atoms with van der Waals surface area (Å²) >= 11 is 0. The molecule has 0 radical (unpaired) electrons. The number of carbonyl (C=O) groups excluding carboxylic acids is 1. The molecule has 5 nitrogen and oxygen atoms in total. The SMILES string of the molecule is COc1ccc2c(c1)C(C(=O)O[C@H](Cc1ccc3ccccc3c1)C(=O)O)c1ccccc1-2. The fraction of sp³-hybridized carbons (Fsp3) is 0.143. The van der Waals surface area contributed by atoms with Crippen molar-refractivity contribution < 1.29 is 24.2 Å². The van der Waals surface area contributed by atoms with Gasteiger partial charge in [0, 0.05) is 6.42 Å². The van der Waals surface area contributed by atoms with Gasteiger partial charge < -0.3 is 14.6 Å². The quantitative estimate of drug-likeness (QED) is 0.419. The average Bonchev–Trinajstić information content (AvgIpc) is 3.17. The van der Waals surface area contributed by atoms with Crippen LogP contribution in [0.4, 0.5) is 0 Å². The molecule has 0 fully saturated rings. The predicted molar refractivity (Wildman–Crippen MR) is 125 cm³/mol. The summed E-state index contributed by atoms with van der Waals surface area (Å²) in [5, 5.41) is 11.9. The third-order valence-electron chi connectivity index (χ3n) is 6.14. The second-order valence-electron chi connectivity index (χ2n) is 8.12. The predicted octanol–water partition coefficient (Wildman–Crippen LogP) is 5.20. The van der Waals surface area contributed by atoms with Gasteiger partial charge in [0.15, 0.2) is 0 Å². The van der Waals surface area contributed by atoms with Crippen molar-refractivity contribution in [3.63, 3.8) is 0 Å². The van der Waals surface area contributed by atoms with Gasteiger partial charge in [-0.1, -0.05) is 72.8 Å². The fourth-order valence-electron chi connectivity index (χ4n) is 4.53. The molecule has 0 aliphatic heterocycles. The van der Waals surface area contributed by atoms with Gasteiger partial charge in [0.05, 0.1) is 7.11 Å². The molecule has 0 saturated carbocycles. The number of carboxylic acids is 1. The molecule has 2 atom stereocenters. The third-order valence-corrected chi connectivity index (χ3v) is 6.14. The van der Waals surface area contributed by atoms with Gasteiger partial charge in [-0.05, 0) is 50.7 Å². The summed E-state index contributed by atoms with van der Waals surface area (Å²) in [4.78, 5) is 25.4. The van der Waals surface area contributed by atoms with Crippen molar-refractivity contribution in [1.82, 2.24) is 0 Å². The Hall–Kier alpha value is -4.12. The van der Waals surface area contributed by atoms with E-state index in [1.54, 1.807) is 7.11 Å². The van der Waals surface area contributed by atoms with Crippen LogP contribution in [0.1, 0.15) is 22.6 Å². The minimum absolute atomic E-state index is 0.0885. The molecule has 0 aromatic heterocycles.